The minimum absolute atomic E-state index is 0.0347. The van der Waals surface area contributed by atoms with E-state index in [2.05, 4.69) is 14.8 Å². The number of rotatable bonds is 5. The number of carbonyl (C=O) groups is 1. The summed E-state index contributed by atoms with van der Waals surface area (Å²) in [7, 11) is 0.515. The highest BCUT2D eigenvalue weighted by Crippen LogP contribution is 2.38. The lowest BCUT2D eigenvalue weighted by atomic mass is 9.91. The second kappa shape index (κ2) is 8.91. The fourth-order valence-electron chi connectivity index (χ4n) is 4.56. The summed E-state index contributed by atoms with van der Waals surface area (Å²) in [6.45, 7) is 2.94. The Labute approximate surface area is 202 Å². The molecule has 1 aromatic heterocycles. The van der Waals surface area contributed by atoms with Gasteiger partial charge in [0.1, 0.15) is 0 Å². The minimum atomic E-state index is -5.09. The van der Waals surface area contributed by atoms with Gasteiger partial charge < -0.3 is 9.80 Å². The van der Waals surface area contributed by atoms with Crippen LogP contribution in [0.25, 0.3) is 22.0 Å². The third kappa shape index (κ3) is 4.90. The Balaban J connectivity index is 1.96. The number of alkyl halides is 3. The molecule has 1 saturated heterocycles. The molecular weight excluding hydrogens is 479 g/mol. The Morgan fingerprint density at radius 2 is 1.77 bits per heavy atom. The molecule has 2 heterocycles. The topological polar surface area (TPSA) is 70.6 Å². The third-order valence-corrected chi connectivity index (χ3v) is 7.59. The van der Waals surface area contributed by atoms with Gasteiger partial charge in [-0.3, -0.25) is 9.78 Å². The van der Waals surface area contributed by atoms with Crippen molar-refractivity contribution in [2.75, 3.05) is 38.3 Å². The van der Waals surface area contributed by atoms with Crippen LogP contribution in [0.1, 0.15) is 22.5 Å². The fraction of sp³-hybridized carbons (Fsp3) is 0.360. The number of carbonyl (C=O) groups excluding carboxylic acids is 1. The van der Waals surface area contributed by atoms with E-state index in [-0.39, 0.29) is 16.2 Å². The Hall–Kier alpha value is -2.98. The van der Waals surface area contributed by atoms with E-state index in [0.29, 0.717) is 22.5 Å². The molecule has 0 spiro atoms. The van der Waals surface area contributed by atoms with Gasteiger partial charge in [0.25, 0.3) is 5.78 Å². The number of likely N-dealkylation sites (N-methyl/N-ethyl adjacent to an activating group) is 1. The summed E-state index contributed by atoms with van der Waals surface area (Å²) in [6, 6.07) is 11.3. The van der Waals surface area contributed by atoms with Gasteiger partial charge in [0.05, 0.1) is 16.0 Å². The average molecular weight is 506 g/mol. The highest BCUT2D eigenvalue weighted by atomic mass is 32.2. The molecule has 6 nitrogen and oxygen atoms in total. The number of anilines is 1. The number of ketones is 1. The van der Waals surface area contributed by atoms with Crippen LogP contribution in [-0.4, -0.2) is 69.7 Å². The number of hydrogen-bond acceptors (Lipinski definition) is 6. The van der Waals surface area contributed by atoms with Crippen molar-refractivity contribution in [2.24, 2.45) is 0 Å². The number of pyridine rings is 1. The lowest BCUT2D eigenvalue weighted by Gasteiger charge is -2.23. The van der Waals surface area contributed by atoms with E-state index >= 15 is 0 Å². The van der Waals surface area contributed by atoms with Crippen LogP contribution in [0, 0.1) is 6.92 Å². The van der Waals surface area contributed by atoms with Crippen LogP contribution in [-0.2, 0) is 9.84 Å². The first-order chi connectivity index (χ1) is 16.3. The van der Waals surface area contributed by atoms with Gasteiger partial charge in [-0.1, -0.05) is 12.1 Å². The van der Waals surface area contributed by atoms with Gasteiger partial charge in [0, 0.05) is 47.7 Å². The zero-order chi connectivity index (χ0) is 25.7. The van der Waals surface area contributed by atoms with Crippen LogP contribution in [0.4, 0.5) is 18.9 Å². The molecule has 4 rings (SSSR count). The van der Waals surface area contributed by atoms with Crippen LogP contribution in [0.2, 0.25) is 0 Å². The van der Waals surface area contributed by atoms with Crippen LogP contribution >= 0.6 is 0 Å². The number of Topliss-reactive ketones (excluding diaryl/α,β-unsaturated/α-hetero) is 1. The quantitative estimate of drug-likeness (QED) is 0.476. The largest absolute Gasteiger partial charge is 0.454 e. The van der Waals surface area contributed by atoms with E-state index in [1.165, 1.54) is 31.2 Å². The summed E-state index contributed by atoms with van der Waals surface area (Å²) in [6.07, 6.45) is -3.09. The van der Waals surface area contributed by atoms with Crippen molar-refractivity contribution < 1.29 is 26.4 Å². The summed E-state index contributed by atoms with van der Waals surface area (Å²) in [4.78, 5) is 21.2. The highest BCUT2D eigenvalue weighted by Gasteiger charge is 2.42. The van der Waals surface area contributed by atoms with Gasteiger partial charge in [0.15, 0.2) is 9.84 Å². The Bertz CT molecular complexity index is 1400. The second-order valence-corrected chi connectivity index (χ2v) is 11.1. The number of nitrogens with zero attached hydrogens (tertiary/aromatic N) is 3. The lowest BCUT2D eigenvalue weighted by Crippen LogP contribution is -2.31. The maximum Gasteiger partial charge on any atom is 0.454 e. The van der Waals surface area contributed by atoms with Gasteiger partial charge in [-0.25, -0.2) is 8.42 Å². The van der Waals surface area contributed by atoms with E-state index in [9.17, 15) is 26.4 Å². The summed E-state index contributed by atoms with van der Waals surface area (Å²) in [5.74, 6) is -1.98. The van der Waals surface area contributed by atoms with E-state index in [0.717, 1.165) is 31.5 Å². The summed E-state index contributed by atoms with van der Waals surface area (Å²) < 4.78 is 64.6. The van der Waals surface area contributed by atoms with Crippen LogP contribution in [0.3, 0.4) is 0 Å². The first kappa shape index (κ1) is 25.1. The van der Waals surface area contributed by atoms with Gasteiger partial charge in [-0.15, -0.1) is 0 Å². The normalized spacial score (nSPS) is 16.9. The number of benzene rings is 2. The Morgan fingerprint density at radius 1 is 1.11 bits per heavy atom. The molecule has 1 unspecified atom stereocenters. The van der Waals surface area contributed by atoms with Crippen molar-refractivity contribution >= 4 is 32.2 Å². The maximum absolute atomic E-state index is 13.6. The number of fused-ring (bicyclic) bond motifs is 1. The maximum atomic E-state index is 13.6. The highest BCUT2D eigenvalue weighted by molar-refractivity contribution is 7.90. The molecule has 0 bridgehead atoms. The van der Waals surface area contributed by atoms with Crippen molar-refractivity contribution in [1.82, 2.24) is 9.88 Å². The van der Waals surface area contributed by atoms with Crippen molar-refractivity contribution in [3.8, 4) is 11.1 Å². The number of halogens is 3. The van der Waals surface area contributed by atoms with Crippen molar-refractivity contribution in [2.45, 2.75) is 30.5 Å². The lowest BCUT2D eigenvalue weighted by molar-refractivity contribution is -0.0885. The zero-order valence-electron chi connectivity index (χ0n) is 19.8. The van der Waals surface area contributed by atoms with Gasteiger partial charge >= 0.3 is 6.18 Å². The first-order valence-corrected chi connectivity index (χ1v) is 12.9. The van der Waals surface area contributed by atoms with Crippen molar-refractivity contribution in [1.29, 1.82) is 0 Å². The fourth-order valence-corrected chi connectivity index (χ4v) is 5.19. The van der Waals surface area contributed by atoms with Gasteiger partial charge in [-0.2, -0.15) is 13.2 Å². The molecule has 1 fully saturated rings. The molecule has 1 aliphatic rings. The van der Waals surface area contributed by atoms with Crippen LogP contribution < -0.4 is 4.90 Å². The number of aryl methyl sites for hydroxylation is 1. The molecule has 1 aliphatic heterocycles. The molecule has 0 radical (unpaired) electrons. The number of sulfone groups is 1. The van der Waals surface area contributed by atoms with E-state index in [1.54, 1.807) is 12.1 Å². The van der Waals surface area contributed by atoms with Crippen LogP contribution in [0.5, 0.6) is 0 Å². The van der Waals surface area contributed by atoms with Gasteiger partial charge in [0.2, 0.25) is 0 Å². The smallest absolute Gasteiger partial charge is 0.370 e. The summed E-state index contributed by atoms with van der Waals surface area (Å²) >= 11 is 0. The Kier molecular flexibility index (Phi) is 6.39. The molecule has 2 aromatic carbocycles. The first-order valence-electron chi connectivity index (χ1n) is 11.0. The molecule has 3 aromatic rings. The number of aromatic nitrogens is 1. The van der Waals surface area contributed by atoms with E-state index < -0.39 is 27.4 Å². The monoisotopic (exact) mass is 505 g/mol. The second-order valence-electron chi connectivity index (χ2n) is 9.12. The predicted octanol–water partition coefficient (Wildman–Crippen LogP) is 4.50. The van der Waals surface area contributed by atoms with Crippen molar-refractivity contribution in [3.05, 3.63) is 53.7 Å². The standard InChI is InChI=1S/C25H26F3N3O3S/c1-15-22(24(32)25(26,27)28)23(16-5-8-19(9-6-16)35(4,33)34)20-13-17(7-10-21(20)29-15)31-12-11-18(14-31)30(2)3/h5-10,13,18H,11-12,14H2,1-4H3. The molecule has 0 amide bonds. The zero-order valence-corrected chi connectivity index (χ0v) is 20.7. The molecule has 186 valence electrons. The molecule has 0 N–H and O–H groups in total. The molecule has 0 saturated carbocycles. The summed E-state index contributed by atoms with van der Waals surface area (Å²) in [5.41, 5.74) is 1.12. The van der Waals surface area contributed by atoms with E-state index in [4.69, 9.17) is 0 Å². The van der Waals surface area contributed by atoms with E-state index in [1.807, 2.05) is 20.2 Å². The van der Waals surface area contributed by atoms with Crippen molar-refractivity contribution in [3.63, 3.8) is 0 Å². The third-order valence-electron chi connectivity index (χ3n) is 6.46. The molecule has 1 atom stereocenters. The molecular formula is C25H26F3N3O3S. The SMILES string of the molecule is Cc1nc2ccc(N3CCC(N(C)C)C3)cc2c(-c2ccc(S(C)(=O)=O)cc2)c1C(=O)C(F)(F)F. The Morgan fingerprint density at radius 3 is 2.31 bits per heavy atom. The number of hydrogen-bond donors (Lipinski definition) is 0. The molecule has 35 heavy (non-hydrogen) atoms. The van der Waals surface area contributed by atoms with Gasteiger partial charge in [-0.05, 0) is 63.3 Å². The molecule has 10 heteroatoms. The minimum Gasteiger partial charge on any atom is -0.370 e. The van der Waals surface area contributed by atoms with Crippen LogP contribution in [0.15, 0.2) is 47.4 Å². The molecule has 0 aliphatic carbocycles. The summed E-state index contributed by atoms with van der Waals surface area (Å²) in [5, 5.41) is 0.404. The average Bonchev–Trinajstić information content (AvgIpc) is 3.27. The predicted molar refractivity (Wildman–Crippen MR) is 130 cm³/mol.